The second-order valence-corrected chi connectivity index (χ2v) is 5.75. The molecule has 2 nitrogen and oxygen atoms in total. The molecule has 0 aliphatic carbocycles. The van der Waals surface area contributed by atoms with Gasteiger partial charge in [0.15, 0.2) is 0 Å². The van der Waals surface area contributed by atoms with Gasteiger partial charge >= 0.3 is 0 Å². The van der Waals surface area contributed by atoms with Crippen LogP contribution in [0.15, 0.2) is 30.3 Å². The maximum absolute atomic E-state index is 3.73. The first kappa shape index (κ1) is 12.2. The van der Waals surface area contributed by atoms with E-state index >= 15 is 0 Å². The molecule has 1 aromatic carbocycles. The number of likely N-dealkylation sites (tertiary alicyclic amines) is 1. The summed E-state index contributed by atoms with van der Waals surface area (Å²) in [5, 5.41) is 3.73. The average Bonchev–Trinajstić information content (AvgIpc) is 2.88. The highest BCUT2D eigenvalue weighted by molar-refractivity contribution is 5.15. The molecule has 2 heteroatoms. The summed E-state index contributed by atoms with van der Waals surface area (Å²) in [6.07, 6.45) is 4.03. The van der Waals surface area contributed by atoms with Crippen LogP contribution in [0.3, 0.4) is 0 Å². The van der Waals surface area contributed by atoms with Crippen molar-refractivity contribution in [3.05, 3.63) is 35.9 Å². The number of hydrogen-bond donors (Lipinski definition) is 1. The summed E-state index contributed by atoms with van der Waals surface area (Å²) < 4.78 is 0. The van der Waals surface area contributed by atoms with Crippen LogP contribution in [-0.4, -0.2) is 30.1 Å². The number of piperidine rings is 1. The highest BCUT2D eigenvalue weighted by atomic mass is 15.2. The van der Waals surface area contributed by atoms with Crippen molar-refractivity contribution in [1.29, 1.82) is 0 Å². The smallest absolute Gasteiger partial charge is 0.0252 e. The fourth-order valence-electron chi connectivity index (χ4n) is 3.81. The first-order valence-electron chi connectivity index (χ1n) is 7.40. The van der Waals surface area contributed by atoms with E-state index in [-0.39, 0.29) is 0 Å². The zero-order valence-electron chi connectivity index (χ0n) is 11.3. The molecule has 0 saturated carbocycles. The first-order valence-corrected chi connectivity index (χ1v) is 7.40. The monoisotopic (exact) mass is 244 g/mol. The van der Waals surface area contributed by atoms with Crippen LogP contribution in [0.1, 0.15) is 31.7 Å². The quantitative estimate of drug-likeness (QED) is 0.879. The molecule has 2 aliphatic rings. The van der Waals surface area contributed by atoms with Gasteiger partial charge in [0.1, 0.15) is 0 Å². The third-order valence-corrected chi connectivity index (χ3v) is 4.72. The standard InChI is InChI=1S/C16H24N2/c1-2-15-16-14(8-10-17-16)9-11-18(15)12-13-6-4-3-5-7-13/h3-7,14-17H,2,8-12H2,1H3. The van der Waals surface area contributed by atoms with Crippen molar-refractivity contribution in [2.75, 3.05) is 13.1 Å². The molecule has 0 radical (unpaired) electrons. The molecule has 3 unspecified atom stereocenters. The molecule has 3 atom stereocenters. The third kappa shape index (κ3) is 2.32. The van der Waals surface area contributed by atoms with Gasteiger partial charge in [-0.25, -0.2) is 0 Å². The predicted molar refractivity (Wildman–Crippen MR) is 75.4 cm³/mol. The van der Waals surface area contributed by atoms with E-state index in [9.17, 15) is 0 Å². The van der Waals surface area contributed by atoms with Gasteiger partial charge in [-0.1, -0.05) is 37.3 Å². The van der Waals surface area contributed by atoms with Crippen LogP contribution in [0.25, 0.3) is 0 Å². The van der Waals surface area contributed by atoms with Crippen LogP contribution >= 0.6 is 0 Å². The van der Waals surface area contributed by atoms with E-state index in [1.807, 2.05) is 0 Å². The highest BCUT2D eigenvalue weighted by Crippen LogP contribution is 2.31. The lowest BCUT2D eigenvalue weighted by Crippen LogP contribution is -2.54. The predicted octanol–water partition coefficient (Wildman–Crippen LogP) is 2.65. The Kier molecular flexibility index (Phi) is 3.67. The van der Waals surface area contributed by atoms with Crippen LogP contribution < -0.4 is 5.32 Å². The maximum atomic E-state index is 3.73. The van der Waals surface area contributed by atoms with Gasteiger partial charge in [-0.15, -0.1) is 0 Å². The van der Waals surface area contributed by atoms with E-state index in [0.29, 0.717) is 0 Å². The Morgan fingerprint density at radius 3 is 2.83 bits per heavy atom. The lowest BCUT2D eigenvalue weighted by atomic mass is 9.85. The van der Waals surface area contributed by atoms with Crippen LogP contribution in [0.4, 0.5) is 0 Å². The second kappa shape index (κ2) is 5.41. The maximum Gasteiger partial charge on any atom is 0.0252 e. The van der Waals surface area contributed by atoms with E-state index in [1.165, 1.54) is 37.9 Å². The minimum absolute atomic E-state index is 0.728. The zero-order chi connectivity index (χ0) is 12.4. The minimum Gasteiger partial charge on any atom is -0.312 e. The van der Waals surface area contributed by atoms with Crippen molar-refractivity contribution >= 4 is 0 Å². The topological polar surface area (TPSA) is 15.3 Å². The summed E-state index contributed by atoms with van der Waals surface area (Å²) in [6.45, 7) is 5.95. The highest BCUT2D eigenvalue weighted by Gasteiger charge is 2.39. The van der Waals surface area contributed by atoms with E-state index < -0.39 is 0 Å². The molecule has 0 bridgehead atoms. The average molecular weight is 244 g/mol. The Morgan fingerprint density at radius 1 is 1.22 bits per heavy atom. The number of nitrogens with one attached hydrogen (secondary N) is 1. The molecular weight excluding hydrogens is 220 g/mol. The second-order valence-electron chi connectivity index (χ2n) is 5.75. The van der Waals surface area contributed by atoms with Gasteiger partial charge in [0.2, 0.25) is 0 Å². The van der Waals surface area contributed by atoms with Crippen molar-refractivity contribution in [2.45, 2.75) is 44.8 Å². The summed E-state index contributed by atoms with van der Waals surface area (Å²) in [7, 11) is 0. The Labute approximate surface area is 110 Å². The lowest BCUT2D eigenvalue weighted by molar-refractivity contribution is 0.0824. The van der Waals surface area contributed by atoms with Gasteiger partial charge in [-0.05, 0) is 43.8 Å². The number of hydrogen-bond acceptors (Lipinski definition) is 2. The Hall–Kier alpha value is -0.860. The van der Waals surface area contributed by atoms with Crippen molar-refractivity contribution in [3.63, 3.8) is 0 Å². The van der Waals surface area contributed by atoms with Gasteiger partial charge in [-0.3, -0.25) is 4.90 Å². The zero-order valence-corrected chi connectivity index (χ0v) is 11.3. The number of nitrogens with zero attached hydrogens (tertiary/aromatic N) is 1. The van der Waals surface area contributed by atoms with E-state index in [4.69, 9.17) is 0 Å². The lowest BCUT2D eigenvalue weighted by Gasteiger charge is -2.42. The van der Waals surface area contributed by atoms with E-state index in [2.05, 4.69) is 47.5 Å². The molecule has 98 valence electrons. The van der Waals surface area contributed by atoms with Gasteiger partial charge in [0.25, 0.3) is 0 Å². The van der Waals surface area contributed by atoms with Crippen LogP contribution in [0, 0.1) is 5.92 Å². The molecule has 2 saturated heterocycles. The molecule has 1 N–H and O–H groups in total. The molecule has 0 aromatic heterocycles. The number of rotatable bonds is 3. The Balaban J connectivity index is 1.71. The minimum atomic E-state index is 0.728. The van der Waals surface area contributed by atoms with Gasteiger partial charge < -0.3 is 5.32 Å². The molecule has 3 rings (SSSR count). The molecule has 2 aliphatic heterocycles. The fourth-order valence-corrected chi connectivity index (χ4v) is 3.81. The molecule has 18 heavy (non-hydrogen) atoms. The SMILES string of the molecule is CCC1C2NCCC2CCN1Cc1ccccc1. The molecule has 0 spiro atoms. The Bertz CT molecular complexity index is 376. The molecular formula is C16H24N2. The van der Waals surface area contributed by atoms with Gasteiger partial charge in [-0.2, -0.15) is 0 Å². The number of fused-ring (bicyclic) bond motifs is 1. The van der Waals surface area contributed by atoms with Gasteiger partial charge in [0, 0.05) is 18.6 Å². The van der Waals surface area contributed by atoms with E-state index in [1.54, 1.807) is 0 Å². The Morgan fingerprint density at radius 2 is 2.06 bits per heavy atom. The van der Waals surface area contributed by atoms with Crippen LogP contribution in [0.5, 0.6) is 0 Å². The van der Waals surface area contributed by atoms with Crippen molar-refractivity contribution in [2.24, 2.45) is 5.92 Å². The van der Waals surface area contributed by atoms with Crippen molar-refractivity contribution in [1.82, 2.24) is 10.2 Å². The third-order valence-electron chi connectivity index (χ3n) is 4.72. The normalized spacial score (nSPS) is 32.4. The molecule has 2 heterocycles. The fraction of sp³-hybridized carbons (Fsp3) is 0.625. The van der Waals surface area contributed by atoms with Crippen LogP contribution in [0.2, 0.25) is 0 Å². The molecule has 2 fully saturated rings. The first-order chi connectivity index (χ1) is 8.88. The summed E-state index contributed by atoms with van der Waals surface area (Å²) >= 11 is 0. The summed E-state index contributed by atoms with van der Waals surface area (Å²) in [5.41, 5.74) is 1.45. The van der Waals surface area contributed by atoms with Crippen LogP contribution in [-0.2, 0) is 6.54 Å². The summed E-state index contributed by atoms with van der Waals surface area (Å²) in [5.74, 6) is 0.932. The number of benzene rings is 1. The molecule has 0 amide bonds. The summed E-state index contributed by atoms with van der Waals surface area (Å²) in [6, 6.07) is 12.4. The van der Waals surface area contributed by atoms with Crippen molar-refractivity contribution in [3.8, 4) is 0 Å². The summed E-state index contributed by atoms with van der Waals surface area (Å²) in [4.78, 5) is 2.69. The molecule has 1 aromatic rings. The van der Waals surface area contributed by atoms with Gasteiger partial charge in [0.05, 0.1) is 0 Å². The largest absolute Gasteiger partial charge is 0.312 e. The van der Waals surface area contributed by atoms with Crippen molar-refractivity contribution < 1.29 is 0 Å². The van der Waals surface area contributed by atoms with E-state index in [0.717, 1.165) is 24.5 Å².